The number of esters is 1. The van der Waals surface area contributed by atoms with Crippen molar-refractivity contribution in [3.05, 3.63) is 0 Å². The van der Waals surface area contributed by atoms with Crippen molar-refractivity contribution in [1.82, 2.24) is 5.32 Å². The Labute approximate surface area is 76.6 Å². The number of methoxy groups -OCH3 is 1. The molecule has 13 heavy (non-hydrogen) atoms. The van der Waals surface area contributed by atoms with Crippen LogP contribution in [0, 0.1) is 11.8 Å². The zero-order valence-corrected chi connectivity index (χ0v) is 7.58. The summed E-state index contributed by atoms with van der Waals surface area (Å²) in [5.41, 5.74) is 0. The van der Waals surface area contributed by atoms with Crippen LogP contribution in [0.2, 0.25) is 0 Å². The van der Waals surface area contributed by atoms with Gasteiger partial charge in [0.15, 0.2) is 0 Å². The number of amides is 1. The average Bonchev–Trinajstić information content (AvgIpc) is 2.40. The highest BCUT2D eigenvalue weighted by molar-refractivity contribution is 5.81. The van der Waals surface area contributed by atoms with Gasteiger partial charge in [0.1, 0.15) is 0 Å². The fraction of sp³-hybridized carbons (Fsp3) is 0.778. The Balaban J connectivity index is 2.09. The van der Waals surface area contributed by atoms with E-state index in [2.05, 4.69) is 10.1 Å². The van der Waals surface area contributed by atoms with Gasteiger partial charge in [0, 0.05) is 12.5 Å². The van der Waals surface area contributed by atoms with Gasteiger partial charge in [0.25, 0.3) is 0 Å². The summed E-state index contributed by atoms with van der Waals surface area (Å²) in [6, 6.07) is 0.0266. The monoisotopic (exact) mass is 183 g/mol. The molecule has 1 saturated carbocycles. The van der Waals surface area contributed by atoms with Crippen molar-refractivity contribution in [2.75, 3.05) is 7.11 Å². The summed E-state index contributed by atoms with van der Waals surface area (Å²) in [5.74, 6) is 0.173. The molecule has 1 aliphatic heterocycles. The molecule has 0 aromatic rings. The van der Waals surface area contributed by atoms with E-state index in [1.807, 2.05) is 0 Å². The lowest BCUT2D eigenvalue weighted by molar-refractivity contribution is -0.145. The van der Waals surface area contributed by atoms with Gasteiger partial charge in [-0.05, 0) is 18.8 Å². The first-order valence-corrected chi connectivity index (χ1v) is 4.58. The molecule has 0 aromatic heterocycles. The normalized spacial score (nSPS) is 37.0. The minimum absolute atomic E-state index is 0.0266. The van der Waals surface area contributed by atoms with E-state index in [9.17, 15) is 9.59 Å². The number of rotatable bonds is 1. The van der Waals surface area contributed by atoms with E-state index in [4.69, 9.17) is 0 Å². The third kappa shape index (κ3) is 1.41. The highest BCUT2D eigenvalue weighted by atomic mass is 16.5. The molecule has 72 valence electrons. The number of nitrogens with one attached hydrogen (secondary N) is 1. The zero-order chi connectivity index (χ0) is 9.42. The molecule has 1 saturated heterocycles. The van der Waals surface area contributed by atoms with Crippen LogP contribution in [0.3, 0.4) is 0 Å². The lowest BCUT2D eigenvalue weighted by Gasteiger charge is -2.21. The summed E-state index contributed by atoms with van der Waals surface area (Å²) < 4.78 is 4.69. The van der Waals surface area contributed by atoms with Crippen molar-refractivity contribution in [3.63, 3.8) is 0 Å². The lowest BCUT2D eigenvalue weighted by atomic mass is 10.0. The van der Waals surface area contributed by atoms with Crippen LogP contribution in [-0.4, -0.2) is 25.0 Å². The number of ether oxygens (including phenoxy) is 1. The second-order valence-electron chi connectivity index (χ2n) is 3.85. The number of piperidine rings is 1. The van der Waals surface area contributed by atoms with Crippen LogP contribution in [0.25, 0.3) is 0 Å². The molecule has 0 spiro atoms. The van der Waals surface area contributed by atoms with Gasteiger partial charge in [-0.1, -0.05) is 0 Å². The van der Waals surface area contributed by atoms with Crippen molar-refractivity contribution in [3.8, 4) is 0 Å². The Hall–Kier alpha value is -1.06. The van der Waals surface area contributed by atoms with Gasteiger partial charge in [-0.15, -0.1) is 0 Å². The number of hydrogen-bond acceptors (Lipinski definition) is 3. The molecule has 2 aliphatic rings. The smallest absolute Gasteiger partial charge is 0.310 e. The molecule has 1 N–H and O–H groups in total. The van der Waals surface area contributed by atoms with Gasteiger partial charge in [-0.3, -0.25) is 9.59 Å². The number of carbonyl (C=O) groups is 2. The summed E-state index contributed by atoms with van der Waals surface area (Å²) in [7, 11) is 1.40. The predicted molar refractivity (Wildman–Crippen MR) is 44.8 cm³/mol. The van der Waals surface area contributed by atoms with Crippen LogP contribution in [0.4, 0.5) is 0 Å². The first-order valence-electron chi connectivity index (χ1n) is 4.58. The molecular weight excluding hydrogens is 170 g/mol. The van der Waals surface area contributed by atoms with Crippen molar-refractivity contribution in [2.24, 2.45) is 11.8 Å². The number of fused-ring (bicyclic) bond motifs is 2. The molecule has 1 heterocycles. The van der Waals surface area contributed by atoms with Crippen LogP contribution in [-0.2, 0) is 14.3 Å². The highest BCUT2D eigenvalue weighted by Crippen LogP contribution is 2.37. The van der Waals surface area contributed by atoms with Crippen molar-refractivity contribution in [1.29, 1.82) is 0 Å². The van der Waals surface area contributed by atoms with E-state index in [-0.39, 0.29) is 23.8 Å². The molecule has 0 unspecified atom stereocenters. The van der Waals surface area contributed by atoms with E-state index in [1.165, 1.54) is 7.11 Å². The van der Waals surface area contributed by atoms with Crippen molar-refractivity contribution in [2.45, 2.75) is 25.3 Å². The van der Waals surface area contributed by atoms with Gasteiger partial charge in [-0.25, -0.2) is 0 Å². The first-order chi connectivity index (χ1) is 6.20. The van der Waals surface area contributed by atoms with E-state index in [0.29, 0.717) is 12.3 Å². The van der Waals surface area contributed by atoms with E-state index in [0.717, 1.165) is 12.8 Å². The molecule has 0 radical (unpaired) electrons. The van der Waals surface area contributed by atoms with Gasteiger partial charge in [0.2, 0.25) is 5.91 Å². The maximum atomic E-state index is 11.3. The van der Waals surface area contributed by atoms with Crippen molar-refractivity contribution >= 4 is 11.9 Å². The minimum atomic E-state index is -0.185. The molecular formula is C9H13NO3. The fourth-order valence-electron chi connectivity index (χ4n) is 2.41. The summed E-state index contributed by atoms with van der Waals surface area (Å²) in [5, 5.41) is 2.83. The topological polar surface area (TPSA) is 55.4 Å². The molecule has 4 heteroatoms. The summed E-state index contributed by atoms with van der Waals surface area (Å²) >= 11 is 0. The molecule has 4 nitrogen and oxygen atoms in total. The van der Waals surface area contributed by atoms with E-state index >= 15 is 0 Å². The molecule has 2 bridgehead atoms. The van der Waals surface area contributed by atoms with Gasteiger partial charge >= 0.3 is 5.97 Å². The van der Waals surface area contributed by atoms with Crippen molar-refractivity contribution < 1.29 is 14.3 Å². The van der Waals surface area contributed by atoms with Gasteiger partial charge in [-0.2, -0.15) is 0 Å². The van der Waals surface area contributed by atoms with Gasteiger partial charge in [0.05, 0.1) is 13.0 Å². The second kappa shape index (κ2) is 3.01. The molecule has 2 rings (SSSR count). The molecule has 3 atom stereocenters. The van der Waals surface area contributed by atoms with Gasteiger partial charge < -0.3 is 10.1 Å². The second-order valence-corrected chi connectivity index (χ2v) is 3.85. The summed E-state index contributed by atoms with van der Waals surface area (Å²) in [4.78, 5) is 22.4. The maximum absolute atomic E-state index is 11.3. The number of hydrogen-bond donors (Lipinski definition) is 1. The minimum Gasteiger partial charge on any atom is -0.469 e. The van der Waals surface area contributed by atoms with Crippen LogP contribution >= 0.6 is 0 Å². The standard InChI is InChI=1S/C9H13NO3/c1-13-9(12)6-2-5-3-7(6)10-8(11)4-5/h5-7H,2-4H2,1H3,(H,10,11)/t5-,6+,7+/m1/s1. The fourth-order valence-corrected chi connectivity index (χ4v) is 2.41. The predicted octanol–water partition coefficient (Wildman–Crippen LogP) is 0.0741. The van der Waals surface area contributed by atoms with E-state index in [1.54, 1.807) is 0 Å². The van der Waals surface area contributed by atoms with Crippen LogP contribution in [0.1, 0.15) is 19.3 Å². The highest BCUT2D eigenvalue weighted by Gasteiger charge is 2.43. The Bertz CT molecular complexity index is 251. The maximum Gasteiger partial charge on any atom is 0.310 e. The Morgan fingerprint density at radius 1 is 1.54 bits per heavy atom. The number of carbonyl (C=O) groups excluding carboxylic acids is 2. The van der Waals surface area contributed by atoms with Crippen LogP contribution < -0.4 is 5.32 Å². The average molecular weight is 183 g/mol. The lowest BCUT2D eigenvalue weighted by Crippen LogP contribution is -2.42. The van der Waals surface area contributed by atoms with Crippen LogP contribution in [0.5, 0.6) is 0 Å². The third-order valence-electron chi connectivity index (χ3n) is 2.98. The Morgan fingerprint density at radius 2 is 2.31 bits per heavy atom. The first kappa shape index (κ1) is 8.53. The molecule has 1 amide bonds. The Kier molecular flexibility index (Phi) is 1.98. The Morgan fingerprint density at radius 3 is 3.00 bits per heavy atom. The molecule has 2 fully saturated rings. The van der Waals surface area contributed by atoms with E-state index < -0.39 is 0 Å². The molecule has 1 aliphatic carbocycles. The summed E-state index contributed by atoms with van der Waals surface area (Å²) in [6.45, 7) is 0. The largest absolute Gasteiger partial charge is 0.469 e. The SMILES string of the molecule is COC(=O)[C@H]1C[C@H]2CC(=O)N[C@H]1C2. The third-order valence-corrected chi connectivity index (χ3v) is 2.98. The van der Waals surface area contributed by atoms with Crippen LogP contribution in [0.15, 0.2) is 0 Å². The zero-order valence-electron chi connectivity index (χ0n) is 7.58. The summed E-state index contributed by atoms with van der Waals surface area (Å²) in [6.07, 6.45) is 2.31. The quantitative estimate of drug-likeness (QED) is 0.585. The molecule has 0 aromatic carbocycles.